The van der Waals surface area contributed by atoms with Gasteiger partial charge in [-0.25, -0.2) is 0 Å². The zero-order chi connectivity index (χ0) is 26.9. The second-order valence-electron chi connectivity index (χ2n) is 10.8. The maximum atomic E-state index is 14.2. The third-order valence-corrected chi connectivity index (χ3v) is 8.58. The third-order valence-electron chi connectivity index (χ3n) is 8.58. The molecule has 0 amide bonds. The number of Topliss-reactive ketones (excluding diaryl/α,β-unsaturated/α-hetero) is 1. The molecule has 0 spiro atoms. The molecule has 2 aliphatic rings. The SMILES string of the molecule is Cc1cc(C)c(C(=CO)C(=O)[C@]2(C)[C@@H]3O[C@@H](CC3c3ccnc4cc(C(F)(F)F)ccc34)[C@H]2C)c(C)c1. The predicted molar refractivity (Wildman–Crippen MR) is 136 cm³/mol. The Morgan fingerprint density at radius 1 is 1.14 bits per heavy atom. The summed E-state index contributed by atoms with van der Waals surface area (Å²) >= 11 is 0. The Labute approximate surface area is 214 Å². The minimum atomic E-state index is -4.46. The van der Waals surface area contributed by atoms with Gasteiger partial charge in [-0.2, -0.15) is 13.2 Å². The number of carbonyl (C=O) groups excluding carboxylic acids is 1. The van der Waals surface area contributed by atoms with E-state index < -0.39 is 23.3 Å². The number of halogens is 3. The number of fused-ring (bicyclic) bond motifs is 3. The van der Waals surface area contributed by atoms with Crippen LogP contribution in [-0.2, 0) is 15.7 Å². The van der Waals surface area contributed by atoms with E-state index in [2.05, 4.69) is 4.98 Å². The van der Waals surface area contributed by atoms with Gasteiger partial charge in [-0.05, 0) is 80.5 Å². The van der Waals surface area contributed by atoms with Crippen LogP contribution in [0.15, 0.2) is 48.9 Å². The number of benzene rings is 2. The first-order valence-electron chi connectivity index (χ1n) is 12.5. The van der Waals surface area contributed by atoms with Crippen LogP contribution in [0.1, 0.15) is 59.6 Å². The minimum Gasteiger partial charge on any atom is -0.515 e. The van der Waals surface area contributed by atoms with Crippen LogP contribution in [0.3, 0.4) is 0 Å². The Hall–Kier alpha value is -3.19. The number of hydrogen-bond donors (Lipinski definition) is 1. The van der Waals surface area contributed by atoms with Gasteiger partial charge in [0.1, 0.15) is 0 Å². The van der Waals surface area contributed by atoms with Crippen LogP contribution in [0, 0.1) is 32.1 Å². The van der Waals surface area contributed by atoms with Gasteiger partial charge in [0.25, 0.3) is 0 Å². The van der Waals surface area contributed by atoms with Crippen molar-refractivity contribution in [2.75, 3.05) is 0 Å². The molecule has 3 aromatic rings. The second kappa shape index (κ2) is 8.69. The summed E-state index contributed by atoms with van der Waals surface area (Å²) in [6.45, 7) is 9.74. The summed E-state index contributed by atoms with van der Waals surface area (Å²) in [5.74, 6) is -0.489. The fraction of sp³-hybridized carbons (Fsp3) is 0.400. The van der Waals surface area contributed by atoms with E-state index in [1.54, 1.807) is 0 Å². The smallest absolute Gasteiger partial charge is 0.416 e. The molecule has 1 unspecified atom stereocenters. The number of ether oxygens (including phenoxy) is 1. The summed E-state index contributed by atoms with van der Waals surface area (Å²) in [7, 11) is 0. The van der Waals surface area contributed by atoms with Crippen molar-refractivity contribution in [3.8, 4) is 0 Å². The third kappa shape index (κ3) is 3.86. The molecule has 1 aromatic heterocycles. The molecule has 5 atom stereocenters. The first kappa shape index (κ1) is 25.5. The summed E-state index contributed by atoms with van der Waals surface area (Å²) in [5, 5.41) is 10.9. The van der Waals surface area contributed by atoms with Crippen LogP contribution >= 0.6 is 0 Å². The summed E-state index contributed by atoms with van der Waals surface area (Å²) in [5.41, 5.74) is 3.27. The van der Waals surface area contributed by atoms with Gasteiger partial charge in [-0.3, -0.25) is 9.78 Å². The first-order valence-corrected chi connectivity index (χ1v) is 12.5. The highest BCUT2D eigenvalue weighted by Gasteiger charge is 2.63. The zero-order valence-electron chi connectivity index (χ0n) is 21.5. The van der Waals surface area contributed by atoms with Crippen molar-refractivity contribution in [2.45, 2.75) is 65.3 Å². The van der Waals surface area contributed by atoms with Crippen molar-refractivity contribution < 1.29 is 27.8 Å². The molecule has 3 heterocycles. The van der Waals surface area contributed by atoms with Crippen LogP contribution in [0.2, 0.25) is 0 Å². The topological polar surface area (TPSA) is 59.4 Å². The molecule has 0 aliphatic carbocycles. The van der Waals surface area contributed by atoms with Gasteiger partial charge in [0.05, 0.1) is 40.5 Å². The summed E-state index contributed by atoms with van der Waals surface area (Å²) in [6.07, 6.45) is -2.04. The van der Waals surface area contributed by atoms with E-state index >= 15 is 0 Å². The Morgan fingerprint density at radius 2 is 1.81 bits per heavy atom. The molecule has 37 heavy (non-hydrogen) atoms. The number of ketones is 1. The zero-order valence-corrected chi connectivity index (χ0v) is 21.5. The van der Waals surface area contributed by atoms with Crippen molar-refractivity contribution in [2.24, 2.45) is 11.3 Å². The molecule has 2 aromatic carbocycles. The molecule has 5 rings (SSSR count). The average molecular weight is 510 g/mol. The summed E-state index contributed by atoms with van der Waals surface area (Å²) in [4.78, 5) is 18.4. The first-order chi connectivity index (χ1) is 17.4. The van der Waals surface area contributed by atoms with Gasteiger partial charge in [-0.1, -0.05) is 30.7 Å². The van der Waals surface area contributed by atoms with Gasteiger partial charge in [0.2, 0.25) is 0 Å². The van der Waals surface area contributed by atoms with Crippen LogP contribution in [0.25, 0.3) is 16.5 Å². The van der Waals surface area contributed by atoms with Crippen molar-refractivity contribution in [1.29, 1.82) is 0 Å². The molecule has 2 fully saturated rings. The van der Waals surface area contributed by atoms with Crippen molar-refractivity contribution in [3.05, 3.63) is 82.2 Å². The Balaban J connectivity index is 1.57. The highest BCUT2D eigenvalue weighted by atomic mass is 19.4. The van der Waals surface area contributed by atoms with E-state index in [1.165, 1.54) is 12.3 Å². The maximum Gasteiger partial charge on any atom is 0.416 e. The highest BCUT2D eigenvalue weighted by molar-refractivity contribution is 6.24. The second-order valence-corrected chi connectivity index (χ2v) is 10.8. The predicted octanol–water partition coefficient (Wildman–Crippen LogP) is 7.24. The molecule has 2 bridgehead atoms. The van der Waals surface area contributed by atoms with E-state index in [-0.39, 0.29) is 34.8 Å². The number of carbonyl (C=O) groups is 1. The minimum absolute atomic E-state index is 0.104. The Bertz CT molecular complexity index is 1420. The van der Waals surface area contributed by atoms with Crippen molar-refractivity contribution >= 4 is 22.3 Å². The van der Waals surface area contributed by atoms with Crippen molar-refractivity contribution in [3.63, 3.8) is 0 Å². The van der Waals surface area contributed by atoms with Crippen LogP contribution in [0.5, 0.6) is 0 Å². The number of nitrogens with zero attached hydrogens (tertiary/aromatic N) is 1. The molecule has 4 nitrogen and oxygen atoms in total. The monoisotopic (exact) mass is 509 g/mol. The fourth-order valence-corrected chi connectivity index (χ4v) is 6.67. The number of alkyl halides is 3. The molecule has 1 N–H and O–H groups in total. The molecular formula is C30H30F3NO3. The van der Waals surface area contributed by atoms with E-state index in [0.29, 0.717) is 11.8 Å². The number of pyridine rings is 1. The number of aliphatic hydroxyl groups is 1. The summed E-state index contributed by atoms with van der Waals surface area (Å²) in [6, 6.07) is 9.40. The number of aliphatic hydroxyl groups excluding tert-OH is 1. The number of aryl methyl sites for hydroxylation is 3. The fourth-order valence-electron chi connectivity index (χ4n) is 6.67. The van der Waals surface area contributed by atoms with Crippen LogP contribution < -0.4 is 0 Å². The average Bonchev–Trinajstić information content (AvgIpc) is 3.38. The lowest BCUT2D eigenvalue weighted by atomic mass is 9.59. The van der Waals surface area contributed by atoms with Gasteiger partial charge >= 0.3 is 6.18 Å². The lowest BCUT2D eigenvalue weighted by Gasteiger charge is -2.40. The molecule has 194 valence electrons. The van der Waals surface area contributed by atoms with Crippen molar-refractivity contribution in [1.82, 2.24) is 4.98 Å². The Morgan fingerprint density at radius 3 is 2.41 bits per heavy atom. The number of rotatable bonds is 4. The lowest BCUT2D eigenvalue weighted by Crippen LogP contribution is -2.46. The van der Waals surface area contributed by atoms with E-state index in [9.17, 15) is 23.1 Å². The van der Waals surface area contributed by atoms with Crippen LogP contribution in [-0.4, -0.2) is 28.1 Å². The molecule has 2 saturated heterocycles. The molecule has 2 aliphatic heterocycles. The van der Waals surface area contributed by atoms with E-state index in [4.69, 9.17) is 4.74 Å². The molecular weight excluding hydrogens is 479 g/mol. The number of hydrogen-bond acceptors (Lipinski definition) is 4. The maximum absolute atomic E-state index is 14.2. The van der Waals surface area contributed by atoms with Gasteiger partial charge in [-0.15, -0.1) is 0 Å². The lowest BCUT2D eigenvalue weighted by molar-refractivity contribution is -0.137. The summed E-state index contributed by atoms with van der Waals surface area (Å²) < 4.78 is 46.3. The Kier molecular flexibility index (Phi) is 5.98. The van der Waals surface area contributed by atoms with Gasteiger partial charge in [0, 0.05) is 17.5 Å². The molecule has 7 heteroatoms. The molecule has 0 radical (unpaired) electrons. The normalized spacial score (nSPS) is 27.7. The standard InChI is InChI=1S/C30H30F3NO3/c1-15-10-16(2)26(17(3)11-15)23(14-35)27(36)29(5)18(4)25-13-22(28(29)37-25)20-8-9-34-24-12-19(30(31,32)33)6-7-21(20)24/h6-12,14,18,22,25,28,35H,13H2,1-5H3/t18-,22?,25+,28-,29-/m1/s1. The van der Waals surface area contributed by atoms with Crippen LogP contribution in [0.4, 0.5) is 13.2 Å². The van der Waals surface area contributed by atoms with E-state index in [0.717, 1.165) is 46.2 Å². The molecule has 0 saturated carbocycles. The number of aromatic nitrogens is 1. The van der Waals surface area contributed by atoms with E-state index in [1.807, 2.05) is 52.8 Å². The largest absolute Gasteiger partial charge is 0.515 e. The highest BCUT2D eigenvalue weighted by Crippen LogP contribution is 2.59. The number of allylic oxidation sites excluding steroid dienone is 1. The van der Waals surface area contributed by atoms with Gasteiger partial charge in [0.15, 0.2) is 5.78 Å². The van der Waals surface area contributed by atoms with Gasteiger partial charge < -0.3 is 9.84 Å². The quantitative estimate of drug-likeness (QED) is 0.297.